The highest BCUT2D eigenvalue weighted by Crippen LogP contribution is 2.29. The lowest BCUT2D eigenvalue weighted by Gasteiger charge is -2.08. The Balaban J connectivity index is 2.15. The fourth-order valence-electron chi connectivity index (χ4n) is 2.16. The molecule has 96 valence electrons. The van der Waals surface area contributed by atoms with E-state index in [1.807, 2.05) is 25.1 Å². The van der Waals surface area contributed by atoms with E-state index in [1.165, 1.54) is 0 Å². The van der Waals surface area contributed by atoms with Crippen LogP contribution in [-0.4, -0.2) is 21.4 Å². The maximum atomic E-state index is 10.6. The molecule has 2 aromatic heterocycles. The van der Waals surface area contributed by atoms with Crippen molar-refractivity contribution in [3.05, 3.63) is 45.6 Å². The smallest absolute Gasteiger partial charge is 0.210 e. The van der Waals surface area contributed by atoms with E-state index in [-0.39, 0.29) is 17.4 Å². The minimum Gasteiger partial charge on any atom is -0.265 e. The largest absolute Gasteiger partial charge is 0.265 e. The average Bonchev–Trinajstić information content (AvgIpc) is 2.85. The van der Waals surface area contributed by atoms with Gasteiger partial charge in [0.25, 0.3) is 0 Å². The van der Waals surface area contributed by atoms with Gasteiger partial charge in [0.2, 0.25) is 6.54 Å². The molecule has 1 atom stereocenters. The summed E-state index contributed by atoms with van der Waals surface area (Å²) in [4.78, 5) is 18.9. The summed E-state index contributed by atoms with van der Waals surface area (Å²) in [5.74, 6) is -0.109. The van der Waals surface area contributed by atoms with E-state index in [0.29, 0.717) is 0 Å². The lowest BCUT2D eigenvalue weighted by atomic mass is 9.99. The Kier molecular flexibility index (Phi) is 2.87. The molecule has 0 N–H and O–H groups in total. The highest BCUT2D eigenvalue weighted by Gasteiger charge is 2.13. The van der Waals surface area contributed by atoms with E-state index in [1.54, 1.807) is 23.0 Å². The number of fused-ring (bicyclic) bond motifs is 3. The predicted octanol–water partition coefficient (Wildman–Crippen LogP) is 3.22. The van der Waals surface area contributed by atoms with Gasteiger partial charge in [-0.25, -0.2) is 4.98 Å². The van der Waals surface area contributed by atoms with Crippen LogP contribution in [0.2, 0.25) is 0 Å². The van der Waals surface area contributed by atoms with Crippen LogP contribution >= 0.6 is 11.3 Å². The van der Waals surface area contributed by atoms with Gasteiger partial charge in [-0.05, 0) is 17.7 Å². The van der Waals surface area contributed by atoms with Crippen molar-refractivity contribution in [2.75, 3.05) is 6.54 Å². The van der Waals surface area contributed by atoms with Crippen molar-refractivity contribution in [2.24, 2.45) is 0 Å². The summed E-state index contributed by atoms with van der Waals surface area (Å²) in [6.45, 7) is 1.81. The minimum absolute atomic E-state index is 0.0579. The van der Waals surface area contributed by atoms with Crippen molar-refractivity contribution in [1.29, 1.82) is 0 Å². The van der Waals surface area contributed by atoms with Crippen LogP contribution in [0, 0.1) is 10.1 Å². The third-order valence-corrected chi connectivity index (χ3v) is 4.05. The third-order valence-electron chi connectivity index (χ3n) is 3.18. The highest BCUT2D eigenvalue weighted by atomic mass is 32.1. The molecular weight excluding hydrogens is 262 g/mol. The summed E-state index contributed by atoms with van der Waals surface area (Å²) in [5.41, 5.74) is 4.52. The molecule has 3 aromatic rings. The zero-order valence-corrected chi connectivity index (χ0v) is 11.1. The molecule has 3 rings (SSSR count). The van der Waals surface area contributed by atoms with Crippen molar-refractivity contribution in [1.82, 2.24) is 9.97 Å². The number of nitro groups is 1. The standard InChI is InChI=1S/C13H11N3O2S/c1-8(6-16(17)18)9-2-3-11-10(4-9)13-12(5-14-11)15-7-19-13/h2-5,7-8H,6H2,1H3. The summed E-state index contributed by atoms with van der Waals surface area (Å²) in [5, 5.41) is 11.6. The van der Waals surface area contributed by atoms with E-state index < -0.39 is 0 Å². The summed E-state index contributed by atoms with van der Waals surface area (Å²) in [7, 11) is 0. The van der Waals surface area contributed by atoms with Crippen LogP contribution in [0.5, 0.6) is 0 Å². The summed E-state index contributed by atoms with van der Waals surface area (Å²) < 4.78 is 1.08. The fourth-order valence-corrected chi connectivity index (χ4v) is 2.95. The average molecular weight is 273 g/mol. The number of aromatic nitrogens is 2. The van der Waals surface area contributed by atoms with Gasteiger partial charge in [-0.2, -0.15) is 0 Å². The van der Waals surface area contributed by atoms with E-state index in [4.69, 9.17) is 0 Å². The van der Waals surface area contributed by atoms with Gasteiger partial charge in [0.1, 0.15) is 5.52 Å². The molecule has 6 heteroatoms. The van der Waals surface area contributed by atoms with E-state index in [9.17, 15) is 10.1 Å². The highest BCUT2D eigenvalue weighted by molar-refractivity contribution is 7.17. The van der Waals surface area contributed by atoms with E-state index >= 15 is 0 Å². The van der Waals surface area contributed by atoms with Gasteiger partial charge in [0.05, 0.1) is 21.9 Å². The Bertz CT molecular complexity index is 769. The van der Waals surface area contributed by atoms with Crippen molar-refractivity contribution in [2.45, 2.75) is 12.8 Å². The SMILES string of the molecule is CC(C[N+](=O)[O-])c1ccc2ncc3ncsc3c2c1. The maximum absolute atomic E-state index is 10.6. The van der Waals surface area contributed by atoms with Crippen LogP contribution in [0.3, 0.4) is 0 Å². The lowest BCUT2D eigenvalue weighted by Crippen LogP contribution is -2.09. The monoisotopic (exact) mass is 273 g/mol. The Labute approximate surface area is 113 Å². The van der Waals surface area contributed by atoms with Gasteiger partial charge < -0.3 is 0 Å². The molecule has 0 spiro atoms. The number of thiazole rings is 1. The number of benzene rings is 1. The Morgan fingerprint density at radius 1 is 1.37 bits per heavy atom. The topological polar surface area (TPSA) is 68.9 Å². The molecule has 0 saturated heterocycles. The quantitative estimate of drug-likeness (QED) is 0.542. The number of rotatable bonds is 3. The second kappa shape index (κ2) is 4.55. The molecule has 5 nitrogen and oxygen atoms in total. The molecule has 0 radical (unpaired) electrons. The first-order chi connectivity index (χ1) is 9.15. The molecule has 1 aromatic carbocycles. The minimum atomic E-state index is -0.277. The Morgan fingerprint density at radius 3 is 3.00 bits per heavy atom. The molecular formula is C13H11N3O2S. The van der Waals surface area contributed by atoms with Gasteiger partial charge in [-0.3, -0.25) is 15.1 Å². The molecule has 0 fully saturated rings. The van der Waals surface area contributed by atoms with Crippen LogP contribution in [0.4, 0.5) is 0 Å². The second-order valence-corrected chi connectivity index (χ2v) is 5.37. The lowest BCUT2D eigenvalue weighted by molar-refractivity contribution is -0.482. The fraction of sp³-hybridized carbons (Fsp3) is 0.231. The number of hydrogen-bond acceptors (Lipinski definition) is 5. The first-order valence-electron chi connectivity index (χ1n) is 5.89. The van der Waals surface area contributed by atoms with Crippen molar-refractivity contribution < 1.29 is 4.92 Å². The molecule has 0 aliphatic carbocycles. The normalized spacial score (nSPS) is 12.9. The van der Waals surface area contributed by atoms with Crippen LogP contribution in [0.15, 0.2) is 29.9 Å². The van der Waals surface area contributed by atoms with Crippen molar-refractivity contribution in [3.63, 3.8) is 0 Å². The van der Waals surface area contributed by atoms with Gasteiger partial charge in [-0.1, -0.05) is 13.0 Å². The van der Waals surface area contributed by atoms with E-state index in [2.05, 4.69) is 9.97 Å². The molecule has 19 heavy (non-hydrogen) atoms. The van der Waals surface area contributed by atoms with Crippen LogP contribution in [0.25, 0.3) is 21.1 Å². The molecule has 1 unspecified atom stereocenters. The Morgan fingerprint density at radius 2 is 2.21 bits per heavy atom. The van der Waals surface area contributed by atoms with Gasteiger partial charge in [0, 0.05) is 16.2 Å². The van der Waals surface area contributed by atoms with Crippen LogP contribution < -0.4 is 0 Å². The van der Waals surface area contributed by atoms with Gasteiger partial charge >= 0.3 is 0 Å². The summed E-state index contributed by atoms with van der Waals surface area (Å²) >= 11 is 1.57. The zero-order valence-electron chi connectivity index (χ0n) is 10.2. The number of pyridine rings is 1. The molecule has 0 aliphatic heterocycles. The summed E-state index contributed by atoms with van der Waals surface area (Å²) in [6, 6.07) is 5.83. The van der Waals surface area contributed by atoms with E-state index in [0.717, 1.165) is 26.7 Å². The Hall–Kier alpha value is -2.08. The second-order valence-electron chi connectivity index (χ2n) is 4.52. The number of nitrogens with zero attached hydrogens (tertiary/aromatic N) is 3. The number of hydrogen-bond donors (Lipinski definition) is 0. The first kappa shape index (κ1) is 12.0. The van der Waals surface area contributed by atoms with Crippen LogP contribution in [0.1, 0.15) is 18.4 Å². The molecule has 0 bridgehead atoms. The summed E-state index contributed by atoms with van der Waals surface area (Å²) in [6.07, 6.45) is 1.76. The van der Waals surface area contributed by atoms with Crippen molar-refractivity contribution >= 4 is 32.5 Å². The first-order valence-corrected chi connectivity index (χ1v) is 6.77. The molecule has 0 amide bonds. The predicted molar refractivity (Wildman–Crippen MR) is 75.2 cm³/mol. The van der Waals surface area contributed by atoms with Gasteiger partial charge in [-0.15, -0.1) is 11.3 Å². The molecule has 2 heterocycles. The zero-order chi connectivity index (χ0) is 13.4. The van der Waals surface area contributed by atoms with Gasteiger partial charge in [0.15, 0.2) is 0 Å². The van der Waals surface area contributed by atoms with Crippen LogP contribution in [-0.2, 0) is 0 Å². The molecule has 0 saturated carbocycles. The third kappa shape index (κ3) is 2.15. The van der Waals surface area contributed by atoms with Crippen molar-refractivity contribution in [3.8, 4) is 0 Å². The maximum Gasteiger partial charge on any atom is 0.210 e. The molecule has 0 aliphatic rings.